The lowest BCUT2D eigenvalue weighted by molar-refractivity contribution is 0.570. The van der Waals surface area contributed by atoms with E-state index in [1.807, 2.05) is 0 Å². The molecule has 7 heteroatoms. The van der Waals surface area contributed by atoms with Gasteiger partial charge >= 0.3 is 0 Å². The summed E-state index contributed by atoms with van der Waals surface area (Å²) in [6.07, 6.45) is 2.96. The standard InChI is InChI=1S/C12H10BrFN2O2S/c1-8-4-10(7-15-6-8)16-19(17,18)12-3-2-9(13)5-11(12)14/h2-7,16H,1H3. The van der Waals surface area contributed by atoms with Gasteiger partial charge in [0.25, 0.3) is 10.0 Å². The fourth-order valence-electron chi connectivity index (χ4n) is 1.51. The van der Waals surface area contributed by atoms with Crippen molar-refractivity contribution in [1.82, 2.24) is 4.98 Å². The van der Waals surface area contributed by atoms with Crippen molar-refractivity contribution in [1.29, 1.82) is 0 Å². The fourth-order valence-corrected chi connectivity index (χ4v) is 2.94. The molecule has 0 aliphatic rings. The molecule has 19 heavy (non-hydrogen) atoms. The molecular weight excluding hydrogens is 335 g/mol. The Balaban J connectivity index is 2.38. The Morgan fingerprint density at radius 3 is 2.63 bits per heavy atom. The lowest BCUT2D eigenvalue weighted by Gasteiger charge is -2.09. The van der Waals surface area contributed by atoms with Crippen molar-refractivity contribution < 1.29 is 12.8 Å². The summed E-state index contributed by atoms with van der Waals surface area (Å²) in [4.78, 5) is 3.47. The van der Waals surface area contributed by atoms with Crippen LogP contribution in [0, 0.1) is 12.7 Å². The summed E-state index contributed by atoms with van der Waals surface area (Å²) in [5, 5.41) is 0. The molecule has 0 amide bonds. The van der Waals surface area contributed by atoms with Crippen molar-refractivity contribution in [2.75, 3.05) is 4.72 Å². The van der Waals surface area contributed by atoms with Gasteiger partial charge in [-0.2, -0.15) is 0 Å². The van der Waals surface area contributed by atoms with Crippen molar-refractivity contribution in [2.24, 2.45) is 0 Å². The van der Waals surface area contributed by atoms with Crippen LogP contribution in [0.2, 0.25) is 0 Å². The molecule has 0 saturated carbocycles. The van der Waals surface area contributed by atoms with Crippen LogP contribution < -0.4 is 4.72 Å². The minimum Gasteiger partial charge on any atom is -0.278 e. The van der Waals surface area contributed by atoms with Crippen LogP contribution >= 0.6 is 15.9 Å². The number of aryl methyl sites for hydroxylation is 1. The smallest absolute Gasteiger partial charge is 0.264 e. The van der Waals surface area contributed by atoms with Crippen LogP contribution in [0.15, 0.2) is 46.0 Å². The minimum absolute atomic E-state index is 0.294. The summed E-state index contributed by atoms with van der Waals surface area (Å²) in [7, 11) is -3.96. The van der Waals surface area contributed by atoms with E-state index in [4.69, 9.17) is 0 Å². The van der Waals surface area contributed by atoms with E-state index < -0.39 is 20.7 Å². The predicted molar refractivity (Wildman–Crippen MR) is 73.9 cm³/mol. The molecule has 2 aromatic rings. The molecule has 1 aromatic heterocycles. The Labute approximate surface area is 118 Å². The van der Waals surface area contributed by atoms with E-state index in [1.54, 1.807) is 19.2 Å². The molecule has 4 nitrogen and oxygen atoms in total. The average Bonchev–Trinajstić information content (AvgIpc) is 2.27. The van der Waals surface area contributed by atoms with Gasteiger partial charge in [-0.3, -0.25) is 9.71 Å². The van der Waals surface area contributed by atoms with Gasteiger partial charge in [0.1, 0.15) is 10.7 Å². The van der Waals surface area contributed by atoms with Crippen LogP contribution in [-0.2, 0) is 10.0 Å². The number of sulfonamides is 1. The highest BCUT2D eigenvalue weighted by atomic mass is 79.9. The monoisotopic (exact) mass is 344 g/mol. The largest absolute Gasteiger partial charge is 0.278 e. The van der Waals surface area contributed by atoms with Crippen molar-refractivity contribution in [3.8, 4) is 0 Å². The number of nitrogens with zero attached hydrogens (tertiary/aromatic N) is 1. The first-order valence-corrected chi connectivity index (χ1v) is 7.55. The maximum absolute atomic E-state index is 13.7. The van der Waals surface area contributed by atoms with E-state index in [-0.39, 0.29) is 0 Å². The molecule has 0 radical (unpaired) electrons. The Kier molecular flexibility index (Phi) is 3.86. The number of rotatable bonds is 3. The third-order valence-corrected chi connectivity index (χ3v) is 4.22. The number of nitrogens with one attached hydrogen (secondary N) is 1. The summed E-state index contributed by atoms with van der Waals surface area (Å²) >= 11 is 3.07. The lowest BCUT2D eigenvalue weighted by Crippen LogP contribution is -2.14. The third-order valence-electron chi connectivity index (χ3n) is 2.31. The summed E-state index contributed by atoms with van der Waals surface area (Å²) in [6, 6.07) is 5.38. The highest BCUT2D eigenvalue weighted by molar-refractivity contribution is 9.10. The number of hydrogen-bond acceptors (Lipinski definition) is 3. The zero-order valence-corrected chi connectivity index (χ0v) is 12.3. The lowest BCUT2D eigenvalue weighted by atomic mass is 10.3. The molecular formula is C12H10BrFN2O2S. The van der Waals surface area contributed by atoms with Gasteiger partial charge in [-0.25, -0.2) is 12.8 Å². The Morgan fingerprint density at radius 1 is 1.26 bits per heavy atom. The zero-order valence-electron chi connectivity index (χ0n) is 9.89. The topological polar surface area (TPSA) is 59.1 Å². The van der Waals surface area contributed by atoms with E-state index >= 15 is 0 Å². The fraction of sp³-hybridized carbons (Fsp3) is 0.0833. The van der Waals surface area contributed by atoms with Crippen LogP contribution in [0.25, 0.3) is 0 Å². The van der Waals surface area contributed by atoms with Crippen LogP contribution in [-0.4, -0.2) is 13.4 Å². The molecule has 0 saturated heterocycles. The van der Waals surface area contributed by atoms with Gasteiger partial charge < -0.3 is 0 Å². The minimum atomic E-state index is -3.96. The summed E-state index contributed by atoms with van der Waals surface area (Å²) in [5.74, 6) is -0.817. The van der Waals surface area contributed by atoms with E-state index in [2.05, 4.69) is 25.6 Å². The molecule has 0 aliphatic heterocycles. The van der Waals surface area contributed by atoms with Gasteiger partial charge in [0.15, 0.2) is 0 Å². The number of pyridine rings is 1. The number of hydrogen-bond donors (Lipinski definition) is 1. The van der Waals surface area contributed by atoms with E-state index in [0.29, 0.717) is 10.2 Å². The van der Waals surface area contributed by atoms with Gasteiger partial charge in [-0.15, -0.1) is 0 Å². The Hall–Kier alpha value is -1.47. The van der Waals surface area contributed by atoms with Crippen LogP contribution in [0.3, 0.4) is 0 Å². The van der Waals surface area contributed by atoms with E-state index in [9.17, 15) is 12.8 Å². The summed E-state index contributed by atoms with van der Waals surface area (Å²) in [5.41, 5.74) is 1.10. The Morgan fingerprint density at radius 2 is 2.00 bits per heavy atom. The second-order valence-corrected chi connectivity index (χ2v) is 6.50. The molecule has 0 fully saturated rings. The maximum atomic E-state index is 13.7. The molecule has 1 aromatic carbocycles. The first-order valence-electron chi connectivity index (χ1n) is 5.28. The van der Waals surface area contributed by atoms with Crippen LogP contribution in [0.5, 0.6) is 0 Å². The number of aromatic nitrogens is 1. The number of halogens is 2. The van der Waals surface area contributed by atoms with Crippen molar-refractivity contribution in [2.45, 2.75) is 11.8 Å². The summed E-state index contributed by atoms with van der Waals surface area (Å²) in [6.45, 7) is 1.78. The van der Waals surface area contributed by atoms with Gasteiger partial charge in [-0.05, 0) is 36.8 Å². The normalized spacial score (nSPS) is 11.3. The molecule has 0 bridgehead atoms. The SMILES string of the molecule is Cc1cncc(NS(=O)(=O)c2ccc(Br)cc2F)c1. The van der Waals surface area contributed by atoms with E-state index in [1.165, 1.54) is 18.3 Å². The van der Waals surface area contributed by atoms with E-state index in [0.717, 1.165) is 11.6 Å². The molecule has 0 unspecified atom stereocenters. The quantitative estimate of drug-likeness (QED) is 0.930. The first kappa shape index (κ1) is 14.0. The van der Waals surface area contributed by atoms with Gasteiger partial charge in [-0.1, -0.05) is 15.9 Å². The molecule has 1 heterocycles. The second kappa shape index (κ2) is 5.26. The van der Waals surface area contributed by atoms with Gasteiger partial charge in [0.05, 0.1) is 11.9 Å². The maximum Gasteiger partial charge on any atom is 0.264 e. The average molecular weight is 345 g/mol. The molecule has 2 rings (SSSR count). The van der Waals surface area contributed by atoms with Crippen molar-refractivity contribution in [3.05, 3.63) is 52.5 Å². The summed E-state index contributed by atoms with van der Waals surface area (Å²) < 4.78 is 40.5. The number of benzene rings is 1. The highest BCUT2D eigenvalue weighted by Crippen LogP contribution is 2.22. The molecule has 0 spiro atoms. The van der Waals surface area contributed by atoms with Gasteiger partial charge in [0, 0.05) is 10.7 Å². The first-order chi connectivity index (χ1) is 8.88. The van der Waals surface area contributed by atoms with Crippen molar-refractivity contribution in [3.63, 3.8) is 0 Å². The van der Waals surface area contributed by atoms with Crippen molar-refractivity contribution >= 4 is 31.6 Å². The highest BCUT2D eigenvalue weighted by Gasteiger charge is 2.19. The van der Waals surface area contributed by atoms with Gasteiger partial charge in [0.2, 0.25) is 0 Å². The molecule has 100 valence electrons. The Bertz CT molecular complexity index is 719. The molecule has 0 aliphatic carbocycles. The molecule has 0 atom stereocenters. The zero-order chi connectivity index (χ0) is 14.0. The van der Waals surface area contributed by atoms with Crippen LogP contribution in [0.4, 0.5) is 10.1 Å². The predicted octanol–water partition coefficient (Wildman–Crippen LogP) is 3.09. The second-order valence-electron chi connectivity index (χ2n) is 3.93. The van der Waals surface area contributed by atoms with Crippen LogP contribution in [0.1, 0.15) is 5.56 Å². The number of anilines is 1. The third kappa shape index (κ3) is 3.30. The molecule has 1 N–H and O–H groups in total.